The van der Waals surface area contributed by atoms with Crippen molar-refractivity contribution in [3.63, 3.8) is 0 Å². The molecule has 1 aromatic carbocycles. The summed E-state index contributed by atoms with van der Waals surface area (Å²) in [4.78, 5) is 11.9. The Balaban J connectivity index is 0.00000400. The van der Waals surface area contributed by atoms with E-state index in [2.05, 4.69) is 24.5 Å². The van der Waals surface area contributed by atoms with Crippen molar-refractivity contribution >= 4 is 35.8 Å². The van der Waals surface area contributed by atoms with Crippen LogP contribution in [0.15, 0.2) is 24.3 Å². The minimum atomic E-state index is 0. The topological polar surface area (TPSA) is 41.1 Å². The van der Waals surface area contributed by atoms with E-state index in [9.17, 15) is 4.79 Å². The summed E-state index contributed by atoms with van der Waals surface area (Å²) in [5, 5.41) is 6.31. The Bertz CT molecular complexity index is 402. The van der Waals surface area contributed by atoms with E-state index in [1.54, 1.807) is 0 Å². The predicted molar refractivity (Wildman–Crippen MR) is 96.6 cm³/mol. The number of anilines is 1. The van der Waals surface area contributed by atoms with Gasteiger partial charge in [0.25, 0.3) is 0 Å². The van der Waals surface area contributed by atoms with Gasteiger partial charge in [0.15, 0.2) is 0 Å². The number of hydrogen-bond donors (Lipinski definition) is 2. The molecule has 5 heteroatoms. The monoisotopic (exact) mass is 330 g/mol. The Hall–Kier alpha value is -0.710. The average molecular weight is 331 g/mol. The molecule has 0 aliphatic rings. The van der Waals surface area contributed by atoms with Crippen LogP contribution in [-0.4, -0.2) is 24.0 Å². The van der Waals surface area contributed by atoms with Crippen LogP contribution in [0.25, 0.3) is 0 Å². The average Bonchev–Trinajstić information content (AvgIpc) is 2.46. The number of rotatable bonds is 10. The van der Waals surface area contributed by atoms with Crippen LogP contribution in [0.4, 0.5) is 5.69 Å². The summed E-state index contributed by atoms with van der Waals surface area (Å²) in [7, 11) is 0. The van der Waals surface area contributed by atoms with E-state index >= 15 is 0 Å². The Labute approximate surface area is 139 Å². The van der Waals surface area contributed by atoms with Crippen LogP contribution < -0.4 is 10.6 Å². The maximum absolute atomic E-state index is 11.9. The first kappa shape index (κ1) is 20.3. The molecule has 21 heavy (non-hydrogen) atoms. The van der Waals surface area contributed by atoms with Gasteiger partial charge in [0, 0.05) is 24.4 Å². The zero-order valence-corrected chi connectivity index (χ0v) is 14.6. The summed E-state index contributed by atoms with van der Waals surface area (Å²) >= 11 is 1.86. The number of carbonyl (C=O) groups is 1. The molecule has 0 aliphatic carbocycles. The molecule has 0 heterocycles. The molecule has 2 N–H and O–H groups in total. The van der Waals surface area contributed by atoms with Gasteiger partial charge < -0.3 is 10.6 Å². The highest BCUT2D eigenvalue weighted by Gasteiger charge is 2.06. The van der Waals surface area contributed by atoms with Crippen LogP contribution in [-0.2, 0) is 11.3 Å². The molecule has 0 radical (unpaired) electrons. The standard InChI is InChI=1S/C16H26N2OS.ClH/c1-3-5-11-20-12-10-16(19)18-15-9-7-6-8-14(15)13-17-4-2;/h6-9,17H,3-5,10-13H2,1-2H3,(H,18,19);1H. The highest BCUT2D eigenvalue weighted by atomic mass is 35.5. The molecule has 0 spiro atoms. The molecule has 120 valence electrons. The molecule has 1 aromatic rings. The number of amides is 1. The Kier molecular flexibility index (Phi) is 12.5. The lowest BCUT2D eigenvalue weighted by molar-refractivity contribution is -0.115. The third-order valence-electron chi connectivity index (χ3n) is 2.97. The van der Waals surface area contributed by atoms with Crippen molar-refractivity contribution in [2.24, 2.45) is 0 Å². The van der Waals surface area contributed by atoms with Gasteiger partial charge in [0.2, 0.25) is 5.91 Å². The highest BCUT2D eigenvalue weighted by molar-refractivity contribution is 7.99. The Morgan fingerprint density at radius 1 is 1.19 bits per heavy atom. The van der Waals surface area contributed by atoms with Crippen molar-refractivity contribution in [2.45, 2.75) is 39.7 Å². The van der Waals surface area contributed by atoms with E-state index in [0.29, 0.717) is 6.42 Å². The first-order valence-electron chi connectivity index (χ1n) is 7.44. The second-order valence-corrected chi connectivity index (χ2v) is 5.93. The maximum atomic E-state index is 11.9. The molecule has 0 unspecified atom stereocenters. The fourth-order valence-corrected chi connectivity index (χ4v) is 2.81. The Morgan fingerprint density at radius 2 is 1.95 bits per heavy atom. The maximum Gasteiger partial charge on any atom is 0.225 e. The van der Waals surface area contributed by atoms with Crippen molar-refractivity contribution < 1.29 is 4.79 Å². The molecule has 1 rings (SSSR count). The van der Waals surface area contributed by atoms with E-state index in [0.717, 1.165) is 35.8 Å². The highest BCUT2D eigenvalue weighted by Crippen LogP contribution is 2.15. The fraction of sp³-hybridized carbons (Fsp3) is 0.562. The summed E-state index contributed by atoms with van der Waals surface area (Å²) in [5.41, 5.74) is 2.07. The van der Waals surface area contributed by atoms with Crippen LogP contribution in [0, 0.1) is 0 Å². The summed E-state index contributed by atoms with van der Waals surface area (Å²) in [5.74, 6) is 2.17. The Morgan fingerprint density at radius 3 is 2.67 bits per heavy atom. The molecule has 0 aliphatic heterocycles. The zero-order chi connectivity index (χ0) is 14.6. The van der Waals surface area contributed by atoms with Crippen molar-refractivity contribution in [1.29, 1.82) is 0 Å². The number of benzene rings is 1. The molecule has 1 amide bonds. The third kappa shape index (κ3) is 9.02. The van der Waals surface area contributed by atoms with Gasteiger partial charge in [-0.1, -0.05) is 38.5 Å². The smallest absolute Gasteiger partial charge is 0.225 e. The van der Waals surface area contributed by atoms with E-state index in [1.165, 1.54) is 12.8 Å². The van der Waals surface area contributed by atoms with Gasteiger partial charge in [-0.05, 0) is 30.3 Å². The second kappa shape index (κ2) is 13.0. The summed E-state index contributed by atoms with van der Waals surface area (Å²) in [6, 6.07) is 7.98. The molecule has 0 bridgehead atoms. The van der Waals surface area contributed by atoms with Gasteiger partial charge in [-0.15, -0.1) is 12.4 Å². The third-order valence-corrected chi connectivity index (χ3v) is 4.04. The lowest BCUT2D eigenvalue weighted by Gasteiger charge is -2.11. The molecule has 0 saturated carbocycles. The summed E-state index contributed by atoms with van der Waals surface area (Å²) in [6.45, 7) is 5.98. The predicted octanol–water partition coefficient (Wildman–Crippen LogP) is 4.08. The summed E-state index contributed by atoms with van der Waals surface area (Å²) in [6.07, 6.45) is 3.04. The molecule has 0 aromatic heterocycles. The number of unbranched alkanes of at least 4 members (excludes halogenated alkanes) is 1. The quantitative estimate of drug-likeness (QED) is 0.635. The zero-order valence-electron chi connectivity index (χ0n) is 13.0. The van der Waals surface area contributed by atoms with Crippen LogP contribution >= 0.6 is 24.2 Å². The van der Waals surface area contributed by atoms with Gasteiger partial charge >= 0.3 is 0 Å². The molecular weight excluding hydrogens is 304 g/mol. The lowest BCUT2D eigenvalue weighted by atomic mass is 10.1. The van der Waals surface area contributed by atoms with Crippen molar-refractivity contribution in [1.82, 2.24) is 5.32 Å². The minimum absolute atomic E-state index is 0. The van der Waals surface area contributed by atoms with E-state index in [-0.39, 0.29) is 18.3 Å². The van der Waals surface area contributed by atoms with Crippen molar-refractivity contribution in [2.75, 3.05) is 23.4 Å². The second-order valence-electron chi connectivity index (χ2n) is 4.70. The number of para-hydroxylation sites is 1. The normalized spacial score (nSPS) is 10.0. The SMILES string of the molecule is CCCCSCCC(=O)Nc1ccccc1CNCC.Cl. The minimum Gasteiger partial charge on any atom is -0.326 e. The fourth-order valence-electron chi connectivity index (χ4n) is 1.78. The van der Waals surface area contributed by atoms with E-state index < -0.39 is 0 Å². The van der Waals surface area contributed by atoms with Crippen molar-refractivity contribution in [3.05, 3.63) is 29.8 Å². The van der Waals surface area contributed by atoms with Crippen LogP contribution in [0.3, 0.4) is 0 Å². The summed E-state index contributed by atoms with van der Waals surface area (Å²) < 4.78 is 0. The molecule has 0 saturated heterocycles. The molecule has 3 nitrogen and oxygen atoms in total. The van der Waals surface area contributed by atoms with Crippen LogP contribution in [0.2, 0.25) is 0 Å². The lowest BCUT2D eigenvalue weighted by Crippen LogP contribution is -2.17. The first-order valence-corrected chi connectivity index (χ1v) is 8.59. The van der Waals surface area contributed by atoms with Gasteiger partial charge in [-0.3, -0.25) is 4.79 Å². The molecule has 0 atom stereocenters. The number of halogens is 1. The van der Waals surface area contributed by atoms with Gasteiger partial charge in [-0.25, -0.2) is 0 Å². The first-order chi connectivity index (χ1) is 9.77. The molecule has 0 fully saturated rings. The number of nitrogens with one attached hydrogen (secondary N) is 2. The van der Waals surface area contributed by atoms with Gasteiger partial charge in [0.1, 0.15) is 0 Å². The largest absolute Gasteiger partial charge is 0.326 e. The van der Waals surface area contributed by atoms with E-state index in [1.807, 2.05) is 36.0 Å². The van der Waals surface area contributed by atoms with Gasteiger partial charge in [0.05, 0.1) is 0 Å². The van der Waals surface area contributed by atoms with Crippen LogP contribution in [0.5, 0.6) is 0 Å². The molecular formula is C16H27ClN2OS. The van der Waals surface area contributed by atoms with Gasteiger partial charge in [-0.2, -0.15) is 11.8 Å². The van der Waals surface area contributed by atoms with Crippen molar-refractivity contribution in [3.8, 4) is 0 Å². The number of thioether (sulfide) groups is 1. The number of hydrogen-bond acceptors (Lipinski definition) is 3. The number of carbonyl (C=O) groups excluding carboxylic acids is 1. The van der Waals surface area contributed by atoms with E-state index in [4.69, 9.17) is 0 Å². The van der Waals surface area contributed by atoms with Crippen LogP contribution in [0.1, 0.15) is 38.7 Å².